The predicted octanol–water partition coefficient (Wildman–Crippen LogP) is 7.61. The zero-order chi connectivity index (χ0) is 41.3. The third-order valence-electron chi connectivity index (χ3n) is 13.3. The Morgan fingerprint density at radius 2 is 1.55 bits per heavy atom. The van der Waals surface area contributed by atoms with Gasteiger partial charge in [-0.15, -0.1) is 0 Å². The number of benzene rings is 2. The van der Waals surface area contributed by atoms with Crippen LogP contribution in [0.2, 0.25) is 0 Å². The van der Waals surface area contributed by atoms with E-state index in [2.05, 4.69) is 75.4 Å². The molecule has 13 nitrogen and oxygen atoms in total. The van der Waals surface area contributed by atoms with Gasteiger partial charge in [-0.25, -0.2) is 9.97 Å². The van der Waals surface area contributed by atoms with Gasteiger partial charge in [0.2, 0.25) is 11.8 Å². The third-order valence-corrected chi connectivity index (χ3v) is 13.9. The van der Waals surface area contributed by atoms with Gasteiger partial charge in [0.15, 0.2) is 11.4 Å². The normalized spacial score (nSPS) is 20.2. The molecule has 0 aliphatic carbocycles. The Morgan fingerprint density at radius 3 is 2.22 bits per heavy atom. The maximum Gasteiger partial charge on any atom is 0.253 e. The molecule has 60 heavy (non-hydrogen) atoms. The molecule has 2 N–H and O–H groups in total. The summed E-state index contributed by atoms with van der Waals surface area (Å²) in [7, 11) is 1.88. The Hall–Kier alpha value is -5.08. The lowest BCUT2D eigenvalue weighted by Gasteiger charge is -2.39. The molecule has 0 spiro atoms. The average Bonchev–Trinajstić information content (AvgIpc) is 3.85. The van der Waals surface area contributed by atoms with Crippen LogP contribution in [0, 0.1) is 24.7 Å². The number of hydrogen-bond acceptors (Lipinski definition) is 9. The zero-order valence-corrected chi connectivity index (χ0v) is 36.1. The van der Waals surface area contributed by atoms with Gasteiger partial charge in [-0.2, -0.15) is 5.10 Å². The van der Waals surface area contributed by atoms with E-state index in [1.54, 1.807) is 10.9 Å². The van der Waals surface area contributed by atoms with Gasteiger partial charge >= 0.3 is 0 Å². The minimum atomic E-state index is -0.231. The van der Waals surface area contributed by atoms with Gasteiger partial charge in [0.1, 0.15) is 17.1 Å². The van der Waals surface area contributed by atoms with E-state index in [1.165, 1.54) is 57.4 Å². The summed E-state index contributed by atoms with van der Waals surface area (Å²) in [6.45, 7) is 9.29. The molecule has 4 aliphatic rings. The standard InChI is InChI=1S/C46H54BrN9O4/c1-29-38(28-53(2)52-29)43-50-41-42(39(47)26-48-44(41)51-43)60-36-9-5-34(6-10-36)46(59)56-23-15-31(16-24-56)25-30-13-19-54(20-14-30)27-32-17-21-55(22-18-32)35-7-3-33(4-8-35)37-11-12-40(57)49-45(37)58/h3-10,26,28,30-32,37H,11-25,27H2,1-2H3,(H,48,50,51)(H,49,57,58)/t37-/m1/s1. The van der Waals surface area contributed by atoms with E-state index in [0.29, 0.717) is 57.3 Å². The number of amides is 3. The second-order valence-corrected chi connectivity index (χ2v) is 18.2. The number of anilines is 1. The first-order valence-electron chi connectivity index (χ1n) is 21.7. The lowest BCUT2D eigenvalue weighted by Crippen LogP contribution is -2.42. The number of nitrogens with one attached hydrogen (secondary N) is 2. The summed E-state index contributed by atoms with van der Waals surface area (Å²) in [6.07, 6.45) is 13.0. The van der Waals surface area contributed by atoms with Crippen LogP contribution in [0.15, 0.2) is 65.4 Å². The number of carbonyl (C=O) groups is 3. The van der Waals surface area contributed by atoms with Crippen LogP contribution in [-0.4, -0.2) is 98.1 Å². The molecule has 0 saturated carbocycles. The molecule has 3 aromatic heterocycles. The van der Waals surface area contributed by atoms with Gasteiger partial charge in [0.25, 0.3) is 5.91 Å². The van der Waals surface area contributed by atoms with Crippen molar-refractivity contribution in [2.24, 2.45) is 24.8 Å². The Balaban J connectivity index is 0.693. The number of piperidine rings is 4. The van der Waals surface area contributed by atoms with Crippen molar-refractivity contribution in [1.29, 1.82) is 0 Å². The van der Waals surface area contributed by atoms with Crippen molar-refractivity contribution < 1.29 is 19.1 Å². The summed E-state index contributed by atoms with van der Waals surface area (Å²) in [5, 5.41) is 6.91. The Bertz CT molecular complexity index is 2340. The number of aryl methyl sites for hydroxylation is 2. The number of hydrogen-bond donors (Lipinski definition) is 2. The van der Waals surface area contributed by atoms with Gasteiger partial charge in [-0.05, 0) is 147 Å². The number of carbonyl (C=O) groups excluding carboxylic acids is 3. The van der Waals surface area contributed by atoms with Crippen molar-refractivity contribution in [3.05, 3.63) is 82.2 Å². The van der Waals surface area contributed by atoms with Crippen LogP contribution < -0.4 is 15.0 Å². The Kier molecular flexibility index (Phi) is 11.8. The summed E-state index contributed by atoms with van der Waals surface area (Å²) >= 11 is 3.60. The Labute approximate surface area is 359 Å². The fraction of sp³-hybridized carbons (Fsp3) is 0.478. The number of ether oxygens (including phenoxy) is 1. The highest BCUT2D eigenvalue weighted by molar-refractivity contribution is 9.10. The van der Waals surface area contributed by atoms with E-state index in [9.17, 15) is 14.4 Å². The van der Waals surface area contributed by atoms with Crippen molar-refractivity contribution in [3.8, 4) is 22.9 Å². The summed E-state index contributed by atoms with van der Waals surface area (Å²) in [4.78, 5) is 57.1. The number of pyridine rings is 1. The molecule has 2 aromatic carbocycles. The molecule has 0 bridgehead atoms. The first-order valence-corrected chi connectivity index (χ1v) is 22.5. The maximum absolute atomic E-state index is 13.6. The molecule has 0 radical (unpaired) electrons. The summed E-state index contributed by atoms with van der Waals surface area (Å²) in [5.74, 6) is 3.59. The largest absolute Gasteiger partial charge is 0.454 e. The molecule has 5 aromatic rings. The van der Waals surface area contributed by atoms with Gasteiger partial charge in [-0.1, -0.05) is 12.1 Å². The van der Waals surface area contributed by atoms with Crippen molar-refractivity contribution in [2.75, 3.05) is 50.7 Å². The van der Waals surface area contributed by atoms with Gasteiger partial charge in [-0.3, -0.25) is 24.4 Å². The fourth-order valence-electron chi connectivity index (χ4n) is 9.85. The lowest BCUT2D eigenvalue weighted by atomic mass is 9.82. The number of aromatic amines is 1. The molecule has 4 aliphatic heterocycles. The predicted molar refractivity (Wildman–Crippen MR) is 234 cm³/mol. The number of imide groups is 1. The van der Waals surface area contributed by atoms with Crippen LogP contribution >= 0.6 is 15.9 Å². The first kappa shape index (κ1) is 40.3. The molecule has 7 heterocycles. The summed E-state index contributed by atoms with van der Waals surface area (Å²) in [6, 6.07) is 15.8. The van der Waals surface area contributed by atoms with Crippen molar-refractivity contribution in [3.63, 3.8) is 0 Å². The molecule has 3 amide bonds. The number of H-pyrrole nitrogens is 1. The van der Waals surface area contributed by atoms with E-state index < -0.39 is 0 Å². The number of fused-ring (bicyclic) bond motifs is 1. The second-order valence-electron chi connectivity index (χ2n) is 17.4. The highest BCUT2D eigenvalue weighted by atomic mass is 79.9. The Morgan fingerprint density at radius 1 is 0.867 bits per heavy atom. The van der Waals surface area contributed by atoms with E-state index in [1.807, 2.05) is 49.3 Å². The molecular formula is C46H54BrN9O4. The SMILES string of the molecule is Cc1nn(C)cc1-c1nc2ncc(Br)c(Oc3ccc(C(=O)N4CCC(CC5CCN(CC6CCN(c7ccc([C@H]8CCC(=O)NC8=O)cc7)CC6)CC5)CC4)cc3)c2[nH]1. The number of halogens is 1. The van der Waals surface area contributed by atoms with Crippen molar-refractivity contribution in [1.82, 2.24) is 39.8 Å². The molecule has 0 unspecified atom stereocenters. The van der Waals surface area contributed by atoms with Gasteiger partial charge in [0.05, 0.1) is 21.6 Å². The van der Waals surface area contributed by atoms with Gasteiger partial charge < -0.3 is 24.4 Å². The smallest absolute Gasteiger partial charge is 0.253 e. The van der Waals surface area contributed by atoms with Crippen LogP contribution in [0.3, 0.4) is 0 Å². The average molecular weight is 877 g/mol. The zero-order valence-electron chi connectivity index (χ0n) is 34.5. The van der Waals surface area contributed by atoms with E-state index in [-0.39, 0.29) is 23.6 Å². The van der Waals surface area contributed by atoms with Crippen molar-refractivity contribution >= 4 is 50.5 Å². The van der Waals surface area contributed by atoms with Crippen LogP contribution in [0.5, 0.6) is 11.5 Å². The number of aromatic nitrogens is 5. The second kappa shape index (κ2) is 17.5. The number of nitrogens with zero attached hydrogens (tertiary/aromatic N) is 7. The molecule has 4 fully saturated rings. The van der Waals surface area contributed by atoms with Crippen molar-refractivity contribution in [2.45, 2.75) is 70.6 Å². The fourth-order valence-corrected chi connectivity index (χ4v) is 10.2. The lowest BCUT2D eigenvalue weighted by molar-refractivity contribution is -0.134. The van der Waals surface area contributed by atoms with Crippen LogP contribution in [0.25, 0.3) is 22.6 Å². The topological polar surface area (TPSA) is 142 Å². The van der Waals surface area contributed by atoms with Gasteiger partial charge in [0, 0.05) is 69.8 Å². The minimum absolute atomic E-state index is 0.0827. The van der Waals surface area contributed by atoms with E-state index in [0.717, 1.165) is 67.7 Å². The highest BCUT2D eigenvalue weighted by Crippen LogP contribution is 2.37. The quantitative estimate of drug-likeness (QED) is 0.136. The molecule has 14 heteroatoms. The third kappa shape index (κ3) is 8.86. The maximum atomic E-state index is 13.6. The van der Waals surface area contributed by atoms with E-state index in [4.69, 9.17) is 4.74 Å². The molecule has 9 rings (SSSR count). The minimum Gasteiger partial charge on any atom is -0.454 e. The monoisotopic (exact) mass is 875 g/mol. The summed E-state index contributed by atoms with van der Waals surface area (Å²) < 4.78 is 8.80. The number of rotatable bonds is 10. The highest BCUT2D eigenvalue weighted by Gasteiger charge is 2.31. The number of imidazole rings is 1. The van der Waals surface area contributed by atoms with E-state index >= 15 is 0 Å². The molecule has 1 atom stereocenters. The van der Waals surface area contributed by atoms with Crippen LogP contribution in [-0.2, 0) is 16.6 Å². The first-order chi connectivity index (χ1) is 29.1. The molecular weight excluding hydrogens is 822 g/mol. The molecule has 314 valence electrons. The van der Waals surface area contributed by atoms with Crippen LogP contribution in [0.1, 0.15) is 85.3 Å². The molecule has 4 saturated heterocycles. The summed E-state index contributed by atoms with van der Waals surface area (Å²) in [5.41, 5.74) is 5.89. The van der Waals surface area contributed by atoms with Crippen LogP contribution in [0.4, 0.5) is 5.69 Å². The number of likely N-dealkylation sites (tertiary alicyclic amines) is 2.